The molecule has 1 amide bonds. The Morgan fingerprint density at radius 1 is 1.36 bits per heavy atom. The van der Waals surface area contributed by atoms with Crippen molar-refractivity contribution >= 4 is 22.6 Å². The highest BCUT2D eigenvalue weighted by molar-refractivity contribution is 5.92. The van der Waals surface area contributed by atoms with Crippen LogP contribution in [0.25, 0.3) is 10.9 Å². The molecule has 1 N–H and O–H groups in total. The lowest BCUT2D eigenvalue weighted by molar-refractivity contribution is -0.128. The minimum Gasteiger partial charge on any atom is -0.497 e. The molecule has 0 spiro atoms. The molecule has 4 rings (SSSR count). The van der Waals surface area contributed by atoms with Crippen LogP contribution in [-0.4, -0.2) is 33.4 Å². The van der Waals surface area contributed by atoms with E-state index in [1.54, 1.807) is 6.92 Å². The fourth-order valence-corrected chi connectivity index (χ4v) is 3.97. The van der Waals surface area contributed by atoms with Gasteiger partial charge in [0.2, 0.25) is 5.91 Å². The van der Waals surface area contributed by atoms with Crippen molar-refractivity contribution in [3.05, 3.63) is 52.5 Å². The number of ether oxygens (including phenoxy) is 1. The number of nitrogens with zero attached hydrogens (tertiary/aromatic N) is 2. The van der Waals surface area contributed by atoms with Gasteiger partial charge in [-0.15, -0.1) is 0 Å². The van der Waals surface area contributed by atoms with E-state index in [-0.39, 0.29) is 41.7 Å². The number of benzene rings is 1. The second-order valence-corrected chi connectivity index (χ2v) is 7.28. The second kappa shape index (κ2) is 7.18. The van der Waals surface area contributed by atoms with Crippen molar-refractivity contribution in [3.8, 4) is 0 Å². The van der Waals surface area contributed by atoms with Crippen molar-refractivity contribution in [1.82, 2.24) is 14.9 Å². The summed E-state index contributed by atoms with van der Waals surface area (Å²) in [6, 6.07) is 3.66. The quantitative estimate of drug-likeness (QED) is 0.867. The SMILES string of the molecule is Cc1nc2ccc(F)cc2c(=O)n1CC(=O)NC1CCC2OC=CC(=O)C2C1. The number of carbonyl (C=O) groups is 2. The van der Waals surface area contributed by atoms with Crippen LogP contribution < -0.4 is 10.9 Å². The Hall–Kier alpha value is -3.03. The van der Waals surface area contributed by atoms with Gasteiger partial charge < -0.3 is 10.1 Å². The van der Waals surface area contributed by atoms with Crippen molar-refractivity contribution < 1.29 is 18.7 Å². The predicted octanol–water partition coefficient (Wildman–Crippen LogP) is 1.61. The number of ketones is 1. The lowest BCUT2D eigenvalue weighted by atomic mass is 9.80. The average Bonchev–Trinajstić information content (AvgIpc) is 2.66. The standard InChI is InChI=1S/C20H20FN3O4/c1-11-22-16-4-2-12(21)8-14(16)20(27)24(11)10-19(26)23-13-3-5-18-15(9-13)17(25)6-7-28-18/h2,4,6-8,13,15,18H,3,5,9-10H2,1H3,(H,23,26). The van der Waals surface area contributed by atoms with Crippen molar-refractivity contribution in [2.24, 2.45) is 5.92 Å². The van der Waals surface area contributed by atoms with Crippen LogP contribution in [0.4, 0.5) is 4.39 Å². The molecular weight excluding hydrogens is 365 g/mol. The molecule has 0 saturated heterocycles. The zero-order chi connectivity index (χ0) is 19.8. The van der Waals surface area contributed by atoms with Crippen LogP contribution in [0.5, 0.6) is 0 Å². The summed E-state index contributed by atoms with van der Waals surface area (Å²) in [5.74, 6) is -0.729. The van der Waals surface area contributed by atoms with Gasteiger partial charge in [0, 0.05) is 12.1 Å². The van der Waals surface area contributed by atoms with E-state index in [0.29, 0.717) is 30.6 Å². The van der Waals surface area contributed by atoms with Gasteiger partial charge in [-0.1, -0.05) is 0 Å². The molecule has 3 unspecified atom stereocenters. The third-order valence-electron chi connectivity index (χ3n) is 5.41. The van der Waals surface area contributed by atoms with Crippen molar-refractivity contribution in [2.75, 3.05) is 0 Å². The predicted molar refractivity (Wildman–Crippen MR) is 99.0 cm³/mol. The highest BCUT2D eigenvalue weighted by atomic mass is 19.1. The molecule has 28 heavy (non-hydrogen) atoms. The molecule has 2 aromatic rings. The molecule has 7 nitrogen and oxygen atoms in total. The van der Waals surface area contributed by atoms with Gasteiger partial charge in [0.1, 0.15) is 24.3 Å². The average molecular weight is 385 g/mol. The highest BCUT2D eigenvalue weighted by Gasteiger charge is 2.37. The Kier molecular flexibility index (Phi) is 4.70. The van der Waals surface area contributed by atoms with Crippen LogP contribution in [0, 0.1) is 18.7 Å². The third-order valence-corrected chi connectivity index (χ3v) is 5.41. The fourth-order valence-electron chi connectivity index (χ4n) is 3.97. The Bertz CT molecular complexity index is 1050. The van der Waals surface area contributed by atoms with Crippen LogP contribution in [0.2, 0.25) is 0 Å². The van der Waals surface area contributed by atoms with Crippen LogP contribution in [0.3, 0.4) is 0 Å². The fraction of sp³-hybridized carbons (Fsp3) is 0.400. The first-order valence-electron chi connectivity index (χ1n) is 9.24. The van der Waals surface area contributed by atoms with Gasteiger partial charge in [-0.3, -0.25) is 19.0 Å². The summed E-state index contributed by atoms with van der Waals surface area (Å²) in [6.45, 7) is 1.42. The summed E-state index contributed by atoms with van der Waals surface area (Å²) < 4.78 is 20.2. The molecule has 1 fully saturated rings. The van der Waals surface area contributed by atoms with E-state index >= 15 is 0 Å². The molecule has 2 heterocycles. The van der Waals surface area contributed by atoms with Crippen LogP contribution in [-0.2, 0) is 20.9 Å². The zero-order valence-electron chi connectivity index (χ0n) is 15.4. The Morgan fingerprint density at radius 3 is 3.00 bits per heavy atom. The minimum absolute atomic E-state index is 0.0167. The normalized spacial score (nSPS) is 23.9. The molecule has 2 aliphatic rings. The number of rotatable bonds is 3. The second-order valence-electron chi connectivity index (χ2n) is 7.28. The van der Waals surface area contributed by atoms with Gasteiger partial charge in [0.15, 0.2) is 5.78 Å². The molecule has 146 valence electrons. The minimum atomic E-state index is -0.531. The van der Waals surface area contributed by atoms with Crippen molar-refractivity contribution in [1.29, 1.82) is 0 Å². The number of fused-ring (bicyclic) bond motifs is 2. The van der Waals surface area contributed by atoms with Crippen LogP contribution >= 0.6 is 0 Å². The number of halogens is 1. The number of amides is 1. The molecule has 1 aliphatic carbocycles. The number of hydrogen-bond donors (Lipinski definition) is 1. The van der Waals surface area contributed by atoms with Gasteiger partial charge in [-0.05, 0) is 44.4 Å². The van der Waals surface area contributed by atoms with Gasteiger partial charge in [0.25, 0.3) is 5.56 Å². The number of aromatic nitrogens is 2. The van der Waals surface area contributed by atoms with Gasteiger partial charge in [-0.25, -0.2) is 9.37 Å². The van der Waals surface area contributed by atoms with Crippen LogP contribution in [0.15, 0.2) is 35.3 Å². The maximum absolute atomic E-state index is 13.5. The first-order valence-corrected chi connectivity index (χ1v) is 9.24. The van der Waals surface area contributed by atoms with Gasteiger partial charge in [-0.2, -0.15) is 0 Å². The topological polar surface area (TPSA) is 90.3 Å². The van der Waals surface area contributed by atoms with E-state index in [9.17, 15) is 18.8 Å². The summed E-state index contributed by atoms with van der Waals surface area (Å²) >= 11 is 0. The van der Waals surface area contributed by atoms with Crippen LogP contribution in [0.1, 0.15) is 25.1 Å². The first kappa shape index (κ1) is 18.3. The number of allylic oxidation sites excluding steroid dienone is 1. The molecule has 1 aliphatic heterocycles. The van der Waals surface area contributed by atoms with E-state index in [1.165, 1.54) is 29.0 Å². The lowest BCUT2D eigenvalue weighted by Gasteiger charge is -2.36. The summed E-state index contributed by atoms with van der Waals surface area (Å²) in [4.78, 5) is 41.5. The summed E-state index contributed by atoms with van der Waals surface area (Å²) in [6.07, 6.45) is 4.62. The van der Waals surface area contributed by atoms with Gasteiger partial charge >= 0.3 is 0 Å². The number of aryl methyl sites for hydroxylation is 1. The summed E-state index contributed by atoms with van der Waals surface area (Å²) in [5.41, 5.74) is -0.0652. The molecular formula is C20H20FN3O4. The highest BCUT2D eigenvalue weighted by Crippen LogP contribution is 2.30. The van der Waals surface area contributed by atoms with E-state index < -0.39 is 11.4 Å². The number of carbonyl (C=O) groups excluding carboxylic acids is 2. The molecule has 0 radical (unpaired) electrons. The van der Waals surface area contributed by atoms with E-state index in [1.807, 2.05) is 0 Å². The Morgan fingerprint density at radius 2 is 2.18 bits per heavy atom. The lowest BCUT2D eigenvalue weighted by Crippen LogP contribution is -2.47. The largest absolute Gasteiger partial charge is 0.497 e. The van der Waals surface area contributed by atoms with E-state index in [2.05, 4.69) is 10.3 Å². The van der Waals surface area contributed by atoms with Gasteiger partial charge in [0.05, 0.1) is 23.1 Å². The molecule has 8 heteroatoms. The monoisotopic (exact) mass is 385 g/mol. The number of hydrogen-bond acceptors (Lipinski definition) is 5. The van der Waals surface area contributed by atoms with E-state index in [4.69, 9.17) is 4.74 Å². The maximum atomic E-state index is 13.5. The van der Waals surface area contributed by atoms with Crippen molar-refractivity contribution in [2.45, 2.75) is 44.9 Å². The summed E-state index contributed by atoms with van der Waals surface area (Å²) in [5, 5.41) is 3.04. The molecule has 1 saturated carbocycles. The zero-order valence-corrected chi connectivity index (χ0v) is 15.4. The molecule has 0 bridgehead atoms. The third kappa shape index (κ3) is 3.42. The smallest absolute Gasteiger partial charge is 0.261 e. The van der Waals surface area contributed by atoms with E-state index in [0.717, 1.165) is 6.07 Å². The molecule has 1 aromatic carbocycles. The maximum Gasteiger partial charge on any atom is 0.261 e. The molecule has 3 atom stereocenters. The first-order chi connectivity index (χ1) is 13.4. The summed E-state index contributed by atoms with van der Waals surface area (Å²) in [7, 11) is 0. The Labute approximate surface area is 160 Å². The molecule has 1 aromatic heterocycles. The Balaban J connectivity index is 1.49. The number of nitrogens with one attached hydrogen (secondary N) is 1. The van der Waals surface area contributed by atoms with Crippen molar-refractivity contribution in [3.63, 3.8) is 0 Å².